The molecule has 0 bridgehead atoms. The summed E-state index contributed by atoms with van der Waals surface area (Å²) in [6.07, 6.45) is -0.0810. The van der Waals surface area contributed by atoms with Crippen LogP contribution in [0.2, 0.25) is 5.02 Å². The number of halogens is 1. The van der Waals surface area contributed by atoms with Crippen molar-refractivity contribution < 1.29 is 29.0 Å². The van der Waals surface area contributed by atoms with Crippen LogP contribution in [0.5, 0.6) is 11.5 Å². The van der Waals surface area contributed by atoms with Gasteiger partial charge in [0.05, 0.1) is 25.2 Å². The van der Waals surface area contributed by atoms with Crippen LogP contribution in [0.1, 0.15) is 23.7 Å². The molecule has 1 N–H and O–H groups in total. The first kappa shape index (κ1) is 24.4. The summed E-state index contributed by atoms with van der Waals surface area (Å²) in [6.45, 7) is 2.19. The molecular formula is C22H21ClN3O6S-. The molecule has 0 saturated carbocycles. The molecule has 0 spiro atoms. The highest BCUT2D eigenvalue weighted by molar-refractivity contribution is 8.15. The Balaban J connectivity index is 1.77. The normalized spacial score (nSPS) is 16.7. The zero-order valence-electron chi connectivity index (χ0n) is 18.1. The number of benzene rings is 2. The predicted octanol–water partition coefficient (Wildman–Crippen LogP) is 2.70. The zero-order valence-corrected chi connectivity index (χ0v) is 19.7. The Morgan fingerprint density at radius 2 is 1.85 bits per heavy atom. The first-order valence-electron chi connectivity index (χ1n) is 9.86. The minimum absolute atomic E-state index is 0.00299. The van der Waals surface area contributed by atoms with Gasteiger partial charge in [-0.05, 0) is 24.6 Å². The molecule has 0 radical (unpaired) electrons. The van der Waals surface area contributed by atoms with Crippen LogP contribution in [0.4, 0.5) is 11.4 Å². The topological polar surface area (TPSA) is 120 Å². The molecule has 2 aromatic carbocycles. The maximum Gasteiger partial charge on any atom is 0.242 e. The van der Waals surface area contributed by atoms with E-state index in [1.807, 2.05) is 6.92 Å². The molecule has 9 nitrogen and oxygen atoms in total. The number of anilines is 1. The first-order valence-corrected chi connectivity index (χ1v) is 11.1. The number of carbonyl (C=O) groups is 3. The second-order valence-corrected chi connectivity index (χ2v) is 8.44. The van der Waals surface area contributed by atoms with Crippen molar-refractivity contribution in [3.05, 3.63) is 47.0 Å². The molecule has 3 rings (SSSR count). The van der Waals surface area contributed by atoms with Gasteiger partial charge >= 0.3 is 0 Å². The van der Waals surface area contributed by atoms with Gasteiger partial charge < -0.3 is 24.7 Å². The number of aliphatic imine (C=N–C) groups is 1. The summed E-state index contributed by atoms with van der Waals surface area (Å²) in [7, 11) is 2.97. The van der Waals surface area contributed by atoms with Crippen LogP contribution in [-0.4, -0.2) is 53.9 Å². The average molecular weight is 491 g/mol. The lowest BCUT2D eigenvalue weighted by molar-refractivity contribution is -0.255. The lowest BCUT2D eigenvalue weighted by Crippen LogP contribution is -2.33. The van der Waals surface area contributed by atoms with E-state index >= 15 is 0 Å². The molecule has 11 heteroatoms. The van der Waals surface area contributed by atoms with E-state index in [9.17, 15) is 19.5 Å². The number of thioether (sulfide) groups is 1. The van der Waals surface area contributed by atoms with Crippen LogP contribution in [0, 0.1) is 0 Å². The van der Waals surface area contributed by atoms with Gasteiger partial charge in [0.1, 0.15) is 22.4 Å². The summed E-state index contributed by atoms with van der Waals surface area (Å²) in [5, 5.41) is 13.6. The van der Waals surface area contributed by atoms with E-state index in [0.29, 0.717) is 39.6 Å². The van der Waals surface area contributed by atoms with Crippen molar-refractivity contribution in [2.75, 3.05) is 26.1 Å². The highest BCUT2D eigenvalue weighted by atomic mass is 35.5. The fraction of sp³-hybridized carbons (Fsp3) is 0.273. The minimum Gasteiger partial charge on any atom is -0.545 e. The predicted molar refractivity (Wildman–Crippen MR) is 124 cm³/mol. The van der Waals surface area contributed by atoms with E-state index in [2.05, 4.69) is 10.3 Å². The molecule has 0 unspecified atom stereocenters. The number of carboxylic acid groups (broad SMARTS) is 1. The van der Waals surface area contributed by atoms with E-state index in [1.165, 1.54) is 55.1 Å². The highest BCUT2D eigenvalue weighted by Gasteiger charge is 2.38. The minimum atomic E-state index is -1.30. The van der Waals surface area contributed by atoms with Gasteiger partial charge in [0.25, 0.3) is 0 Å². The number of nitrogens with zero attached hydrogens (tertiary/aromatic N) is 2. The standard InChI is InChI=1S/C22H22ClN3O6S/c1-4-26-20(28)18(11-19(27)24-13-7-5-12(6-8-13)21(29)30)33-22(26)25-15-10-16(31-2)14(23)9-17(15)32-3/h5-10,18H,4,11H2,1-3H3,(H,24,27)(H,29,30)/p-1/t18-/m0/s1. The summed E-state index contributed by atoms with van der Waals surface area (Å²) in [5.41, 5.74) is 0.855. The number of hydrogen-bond acceptors (Lipinski definition) is 8. The van der Waals surface area contributed by atoms with Gasteiger partial charge in [0.15, 0.2) is 5.17 Å². The number of rotatable bonds is 8. The number of amidine groups is 1. The molecule has 1 atom stereocenters. The summed E-state index contributed by atoms with van der Waals surface area (Å²) in [4.78, 5) is 42.3. The number of carbonyl (C=O) groups excluding carboxylic acids is 3. The number of nitrogens with one attached hydrogen (secondary N) is 1. The maximum absolute atomic E-state index is 12.9. The molecule has 1 saturated heterocycles. The van der Waals surface area contributed by atoms with Crippen molar-refractivity contribution in [2.45, 2.75) is 18.6 Å². The van der Waals surface area contributed by atoms with Gasteiger partial charge in [-0.25, -0.2) is 4.99 Å². The van der Waals surface area contributed by atoms with E-state index in [1.54, 1.807) is 12.1 Å². The van der Waals surface area contributed by atoms with Gasteiger partial charge in [0.2, 0.25) is 11.8 Å². The van der Waals surface area contributed by atoms with Crippen molar-refractivity contribution in [3.63, 3.8) is 0 Å². The Bertz CT molecular complexity index is 1110. The molecule has 2 amide bonds. The number of ether oxygens (including phenoxy) is 2. The SMILES string of the molecule is CCN1C(=O)[C@H](CC(=O)Nc2ccc(C(=O)[O-])cc2)SC1=Nc1cc(OC)c(Cl)cc1OC. The molecule has 174 valence electrons. The molecule has 0 aliphatic carbocycles. The Morgan fingerprint density at radius 3 is 2.42 bits per heavy atom. The van der Waals surface area contributed by atoms with Gasteiger partial charge in [0, 0.05) is 30.8 Å². The number of methoxy groups -OCH3 is 2. The van der Waals surface area contributed by atoms with Crippen molar-refractivity contribution in [3.8, 4) is 11.5 Å². The van der Waals surface area contributed by atoms with Crippen LogP contribution >= 0.6 is 23.4 Å². The average Bonchev–Trinajstić information content (AvgIpc) is 3.08. The quantitative estimate of drug-likeness (QED) is 0.603. The summed E-state index contributed by atoms with van der Waals surface area (Å²) in [5.74, 6) is -1.09. The van der Waals surface area contributed by atoms with E-state index in [-0.39, 0.29) is 23.8 Å². The number of amides is 2. The monoisotopic (exact) mass is 490 g/mol. The largest absolute Gasteiger partial charge is 0.545 e. The third-order valence-corrected chi connectivity index (χ3v) is 6.25. The van der Waals surface area contributed by atoms with Crippen molar-refractivity contribution in [1.29, 1.82) is 0 Å². The van der Waals surface area contributed by atoms with Crippen molar-refractivity contribution in [1.82, 2.24) is 4.90 Å². The number of carboxylic acids is 1. The fourth-order valence-electron chi connectivity index (χ4n) is 3.12. The van der Waals surface area contributed by atoms with Crippen LogP contribution in [0.3, 0.4) is 0 Å². The smallest absolute Gasteiger partial charge is 0.242 e. The van der Waals surface area contributed by atoms with E-state index in [0.717, 1.165) is 0 Å². The lowest BCUT2D eigenvalue weighted by Gasteiger charge is -2.14. The summed E-state index contributed by atoms with van der Waals surface area (Å²) in [6, 6.07) is 8.77. The zero-order chi connectivity index (χ0) is 24.1. The molecule has 1 heterocycles. The van der Waals surface area contributed by atoms with E-state index in [4.69, 9.17) is 21.1 Å². The molecule has 2 aromatic rings. The van der Waals surface area contributed by atoms with Gasteiger partial charge in [-0.1, -0.05) is 35.5 Å². The summed E-state index contributed by atoms with van der Waals surface area (Å²) < 4.78 is 10.6. The first-order chi connectivity index (χ1) is 15.8. The Hall–Kier alpha value is -3.24. The molecule has 33 heavy (non-hydrogen) atoms. The Morgan fingerprint density at radius 1 is 1.18 bits per heavy atom. The third-order valence-electron chi connectivity index (χ3n) is 4.78. The highest BCUT2D eigenvalue weighted by Crippen LogP contribution is 2.40. The number of hydrogen-bond donors (Lipinski definition) is 1. The second-order valence-electron chi connectivity index (χ2n) is 6.86. The third kappa shape index (κ3) is 5.58. The van der Waals surface area contributed by atoms with E-state index < -0.39 is 11.2 Å². The van der Waals surface area contributed by atoms with Crippen molar-refractivity contribution in [2.24, 2.45) is 4.99 Å². The molecule has 1 aliphatic heterocycles. The summed E-state index contributed by atoms with van der Waals surface area (Å²) >= 11 is 7.33. The molecule has 1 fully saturated rings. The fourth-order valence-corrected chi connectivity index (χ4v) is 4.57. The van der Waals surface area contributed by atoms with Crippen LogP contribution in [0.15, 0.2) is 41.4 Å². The lowest BCUT2D eigenvalue weighted by atomic mass is 10.2. The van der Waals surface area contributed by atoms with Gasteiger partial charge in [-0.2, -0.15) is 0 Å². The van der Waals surface area contributed by atoms with Crippen molar-refractivity contribution >= 4 is 57.7 Å². The Labute approximate surface area is 199 Å². The maximum atomic E-state index is 12.9. The van der Waals surface area contributed by atoms with Crippen LogP contribution < -0.4 is 19.9 Å². The van der Waals surface area contributed by atoms with Gasteiger partial charge in [-0.3, -0.25) is 14.5 Å². The molecule has 1 aliphatic rings. The van der Waals surface area contributed by atoms with Crippen LogP contribution in [0.25, 0.3) is 0 Å². The van der Waals surface area contributed by atoms with Crippen LogP contribution in [-0.2, 0) is 9.59 Å². The molecular weight excluding hydrogens is 470 g/mol. The Kier molecular flexibility index (Phi) is 7.83. The second kappa shape index (κ2) is 10.6. The van der Waals surface area contributed by atoms with Gasteiger partial charge in [-0.15, -0.1) is 0 Å². The molecule has 0 aromatic heterocycles. The number of aromatic carboxylic acids is 1.